The van der Waals surface area contributed by atoms with Gasteiger partial charge in [0, 0.05) is 41.8 Å². The smallest absolute Gasteiger partial charge is 0.280 e. The molecule has 1 fully saturated rings. The minimum atomic E-state index is -3.80. The zero-order chi connectivity index (χ0) is 20.6. The van der Waals surface area contributed by atoms with E-state index in [0.29, 0.717) is 12.1 Å². The largest absolute Gasteiger partial charge is 0.323 e. The van der Waals surface area contributed by atoms with E-state index < -0.39 is 22.3 Å². The van der Waals surface area contributed by atoms with Crippen LogP contribution in [0.25, 0.3) is 10.4 Å². The van der Waals surface area contributed by atoms with Crippen LogP contribution >= 0.6 is 11.3 Å². The van der Waals surface area contributed by atoms with Gasteiger partial charge in [-0.1, -0.05) is 0 Å². The number of amides is 1. The van der Waals surface area contributed by atoms with E-state index >= 15 is 0 Å². The molecule has 2 N–H and O–H groups in total. The molecule has 0 aromatic carbocycles. The van der Waals surface area contributed by atoms with Crippen LogP contribution in [0.4, 0.5) is 5.69 Å². The van der Waals surface area contributed by atoms with Gasteiger partial charge in [0.05, 0.1) is 24.1 Å². The second-order valence-corrected chi connectivity index (χ2v) is 9.66. The van der Waals surface area contributed by atoms with Gasteiger partial charge in [0.25, 0.3) is 10.2 Å². The number of aromatic nitrogens is 3. The first-order chi connectivity index (χ1) is 13.8. The molecule has 11 heteroatoms. The van der Waals surface area contributed by atoms with Gasteiger partial charge in [-0.15, -0.1) is 11.3 Å². The topological polar surface area (TPSA) is 109 Å². The Morgan fingerprint density at radius 1 is 1.28 bits per heavy atom. The summed E-state index contributed by atoms with van der Waals surface area (Å²) in [6, 6.07) is 5.91. The molecule has 0 spiro atoms. The average molecular weight is 433 g/mol. The number of hydrogen-bond donors (Lipinski definition) is 2. The van der Waals surface area contributed by atoms with E-state index in [0.717, 1.165) is 19.6 Å². The highest BCUT2D eigenvalue weighted by Crippen LogP contribution is 2.36. The van der Waals surface area contributed by atoms with Gasteiger partial charge in [0.15, 0.2) is 0 Å². The number of thiophene rings is 1. The predicted molar refractivity (Wildman–Crippen MR) is 110 cm³/mol. The maximum Gasteiger partial charge on any atom is 0.280 e. The number of nitrogens with zero attached hydrogens (tertiary/aromatic N) is 4. The monoisotopic (exact) mass is 432 g/mol. The third kappa shape index (κ3) is 4.08. The lowest BCUT2D eigenvalue weighted by Gasteiger charge is -2.35. The molecule has 0 saturated carbocycles. The molecule has 1 aliphatic rings. The van der Waals surface area contributed by atoms with Gasteiger partial charge in [-0.2, -0.15) is 22.5 Å². The van der Waals surface area contributed by atoms with Gasteiger partial charge in [0.2, 0.25) is 5.91 Å². The van der Waals surface area contributed by atoms with Crippen molar-refractivity contribution >= 4 is 33.1 Å². The van der Waals surface area contributed by atoms with Crippen LogP contribution in [0.15, 0.2) is 49.1 Å². The molecule has 2 atom stereocenters. The summed E-state index contributed by atoms with van der Waals surface area (Å²) in [5.74, 6) is -0.389. The molecule has 152 valence electrons. The number of nitrogens with one attached hydrogen (secondary N) is 2. The van der Waals surface area contributed by atoms with Gasteiger partial charge >= 0.3 is 0 Å². The fraction of sp³-hybridized carbons (Fsp3) is 0.278. The first-order valence-electron chi connectivity index (χ1n) is 8.88. The Hall–Kier alpha value is -2.60. The van der Waals surface area contributed by atoms with E-state index in [1.54, 1.807) is 29.2 Å². The molecule has 29 heavy (non-hydrogen) atoms. The van der Waals surface area contributed by atoms with Crippen molar-refractivity contribution < 1.29 is 13.2 Å². The molecule has 4 heterocycles. The Balaban J connectivity index is 1.57. The van der Waals surface area contributed by atoms with Crippen molar-refractivity contribution in [3.05, 3.63) is 53.9 Å². The van der Waals surface area contributed by atoms with Gasteiger partial charge in [-0.05, 0) is 30.7 Å². The predicted octanol–water partition coefficient (Wildman–Crippen LogP) is 1.76. The SMILES string of the molecule is CN1C(C(=O)Nc2cccnc2)CC(c2ccc(-c3cnn(C)c3)s2)NS1(=O)=O. The molecule has 1 aliphatic heterocycles. The van der Waals surface area contributed by atoms with Crippen LogP contribution in [-0.4, -0.2) is 46.5 Å². The molecule has 0 aliphatic carbocycles. The van der Waals surface area contributed by atoms with Crippen LogP contribution in [-0.2, 0) is 22.1 Å². The Morgan fingerprint density at radius 3 is 2.79 bits per heavy atom. The summed E-state index contributed by atoms with van der Waals surface area (Å²) in [6.45, 7) is 0. The number of rotatable bonds is 4. The van der Waals surface area contributed by atoms with Crippen molar-refractivity contribution in [3.8, 4) is 10.4 Å². The number of carbonyl (C=O) groups excluding carboxylic acids is 1. The van der Waals surface area contributed by atoms with Crippen LogP contribution < -0.4 is 10.0 Å². The highest BCUT2D eigenvalue weighted by Gasteiger charge is 2.41. The maximum absolute atomic E-state index is 12.8. The molecule has 3 aromatic rings. The average Bonchev–Trinajstić information content (AvgIpc) is 3.33. The Bertz CT molecular complexity index is 1130. The number of carbonyl (C=O) groups is 1. The normalized spacial score (nSPS) is 21.7. The molecule has 3 aromatic heterocycles. The summed E-state index contributed by atoms with van der Waals surface area (Å²) in [5.41, 5.74) is 1.48. The summed E-state index contributed by atoms with van der Waals surface area (Å²) < 4.78 is 30.7. The van der Waals surface area contributed by atoms with E-state index in [1.807, 2.05) is 25.4 Å². The zero-order valence-corrected chi connectivity index (χ0v) is 17.4. The van der Waals surface area contributed by atoms with Crippen molar-refractivity contribution in [2.45, 2.75) is 18.5 Å². The molecule has 4 rings (SSSR count). The van der Waals surface area contributed by atoms with Crippen LogP contribution in [0, 0.1) is 0 Å². The third-order valence-corrected chi connectivity index (χ3v) is 7.60. The lowest BCUT2D eigenvalue weighted by atomic mass is 10.1. The first kappa shape index (κ1) is 19.7. The van der Waals surface area contributed by atoms with Crippen molar-refractivity contribution in [1.29, 1.82) is 0 Å². The molecule has 1 saturated heterocycles. The molecule has 2 unspecified atom stereocenters. The van der Waals surface area contributed by atoms with E-state index in [1.165, 1.54) is 24.6 Å². The summed E-state index contributed by atoms with van der Waals surface area (Å²) in [6.07, 6.45) is 7.10. The fourth-order valence-corrected chi connectivity index (χ4v) is 5.59. The van der Waals surface area contributed by atoms with Crippen molar-refractivity contribution in [2.24, 2.45) is 7.05 Å². The van der Waals surface area contributed by atoms with Gasteiger partial charge in [0.1, 0.15) is 6.04 Å². The minimum absolute atomic E-state index is 0.314. The zero-order valence-electron chi connectivity index (χ0n) is 15.8. The summed E-state index contributed by atoms with van der Waals surface area (Å²) in [5, 5.41) is 6.91. The molecular weight excluding hydrogens is 412 g/mol. The van der Waals surface area contributed by atoms with Crippen LogP contribution in [0.3, 0.4) is 0 Å². The van der Waals surface area contributed by atoms with E-state index in [9.17, 15) is 13.2 Å². The second kappa shape index (κ2) is 7.67. The highest BCUT2D eigenvalue weighted by atomic mass is 32.2. The second-order valence-electron chi connectivity index (χ2n) is 6.78. The van der Waals surface area contributed by atoms with Gasteiger partial charge in [-0.3, -0.25) is 14.5 Å². The van der Waals surface area contributed by atoms with Gasteiger partial charge in [-0.25, -0.2) is 0 Å². The molecule has 9 nitrogen and oxygen atoms in total. The lowest BCUT2D eigenvalue weighted by molar-refractivity contribution is -0.120. The standard InChI is InChI=1S/C18H20N6O3S2/c1-23-11-12(9-20-23)16-5-6-17(28-16)14-8-15(24(2)29(26,27)22-14)18(25)21-13-4-3-7-19-10-13/h3-7,9-11,14-15,22H,8H2,1-2H3,(H,21,25). The Labute approximate surface area is 172 Å². The third-order valence-electron chi connectivity index (χ3n) is 4.76. The number of hydrogen-bond acceptors (Lipinski definition) is 6. The highest BCUT2D eigenvalue weighted by molar-refractivity contribution is 7.87. The molecule has 1 amide bonds. The molecule has 0 radical (unpaired) electrons. The van der Waals surface area contributed by atoms with E-state index in [4.69, 9.17) is 0 Å². The van der Waals surface area contributed by atoms with Crippen molar-refractivity contribution in [1.82, 2.24) is 23.8 Å². The number of aryl methyl sites for hydroxylation is 1. The number of likely N-dealkylation sites (N-methyl/N-ethyl adjacent to an activating group) is 1. The minimum Gasteiger partial charge on any atom is -0.323 e. The first-order valence-corrected chi connectivity index (χ1v) is 11.1. The maximum atomic E-state index is 12.8. The molecular formula is C18H20N6O3S2. The van der Waals surface area contributed by atoms with E-state index in [-0.39, 0.29) is 5.91 Å². The van der Waals surface area contributed by atoms with Crippen LogP contribution in [0.5, 0.6) is 0 Å². The number of pyridine rings is 1. The van der Waals surface area contributed by atoms with Gasteiger partial charge < -0.3 is 5.32 Å². The van der Waals surface area contributed by atoms with Crippen molar-refractivity contribution in [2.75, 3.05) is 12.4 Å². The van der Waals surface area contributed by atoms with E-state index in [2.05, 4.69) is 20.1 Å². The molecule has 0 bridgehead atoms. The summed E-state index contributed by atoms with van der Waals surface area (Å²) in [7, 11) is -0.553. The summed E-state index contributed by atoms with van der Waals surface area (Å²) in [4.78, 5) is 18.6. The quantitative estimate of drug-likeness (QED) is 0.653. The van der Waals surface area contributed by atoms with Crippen LogP contribution in [0.1, 0.15) is 17.3 Å². The Kier molecular flexibility index (Phi) is 5.21. The lowest BCUT2D eigenvalue weighted by Crippen LogP contribution is -2.55. The Morgan fingerprint density at radius 2 is 2.10 bits per heavy atom. The number of anilines is 1. The summed E-state index contributed by atoms with van der Waals surface area (Å²) >= 11 is 1.49. The van der Waals surface area contributed by atoms with Crippen LogP contribution in [0.2, 0.25) is 0 Å². The van der Waals surface area contributed by atoms with Crippen molar-refractivity contribution in [3.63, 3.8) is 0 Å². The fourth-order valence-electron chi connectivity index (χ4n) is 3.20.